The van der Waals surface area contributed by atoms with Crippen molar-refractivity contribution >= 4 is 28.5 Å². The summed E-state index contributed by atoms with van der Waals surface area (Å²) in [6, 6.07) is 5.00. The quantitative estimate of drug-likeness (QED) is 0.831. The van der Waals surface area contributed by atoms with Crippen LogP contribution in [0.4, 0.5) is 0 Å². The smallest absolute Gasteiger partial charge is 0.289 e. The van der Waals surface area contributed by atoms with Crippen LogP contribution in [0.3, 0.4) is 0 Å². The molecule has 1 aliphatic heterocycles. The molecule has 1 saturated heterocycles. The number of fused-ring (bicyclic) bond motifs is 1. The highest BCUT2D eigenvalue weighted by Crippen LogP contribution is 2.37. The molecule has 0 saturated carbocycles. The predicted octanol–water partition coefficient (Wildman–Crippen LogP) is 3.08. The number of hydrogen-bond acceptors (Lipinski definition) is 5. The maximum atomic E-state index is 13.0. The van der Waals surface area contributed by atoms with Gasteiger partial charge in [0.1, 0.15) is 0 Å². The van der Waals surface area contributed by atoms with E-state index in [1.165, 1.54) is 7.11 Å². The van der Waals surface area contributed by atoms with E-state index >= 15 is 0 Å². The fourth-order valence-electron chi connectivity index (χ4n) is 3.80. The van der Waals surface area contributed by atoms with Gasteiger partial charge in [-0.05, 0) is 25.0 Å². The molecule has 7 heteroatoms. The molecule has 0 unspecified atom stereocenters. The number of carbonyl (C=O) groups is 1. The van der Waals surface area contributed by atoms with Crippen LogP contribution in [0, 0.1) is 5.41 Å². The number of benzene rings is 1. The van der Waals surface area contributed by atoms with Crippen LogP contribution in [0.1, 0.15) is 36.7 Å². The molecule has 2 heterocycles. The van der Waals surface area contributed by atoms with Gasteiger partial charge in [-0.25, -0.2) is 0 Å². The first kappa shape index (κ1) is 19.0. The molecule has 0 aliphatic carbocycles. The van der Waals surface area contributed by atoms with E-state index in [1.54, 1.807) is 23.1 Å². The van der Waals surface area contributed by atoms with Crippen LogP contribution in [-0.2, 0) is 0 Å². The van der Waals surface area contributed by atoms with Gasteiger partial charge in [0.25, 0.3) is 5.91 Å². The lowest BCUT2D eigenvalue weighted by Crippen LogP contribution is -2.55. The summed E-state index contributed by atoms with van der Waals surface area (Å²) in [6.07, 6.45) is 1.28. The Balaban J connectivity index is 1.90. The van der Waals surface area contributed by atoms with Crippen molar-refractivity contribution < 1.29 is 24.2 Å². The maximum absolute atomic E-state index is 13.0. The number of furan rings is 1. The highest BCUT2D eigenvalue weighted by molar-refractivity contribution is 6.31. The fourth-order valence-corrected chi connectivity index (χ4v) is 4.02. The molecule has 26 heavy (non-hydrogen) atoms. The average molecular weight is 382 g/mol. The number of aliphatic hydroxyl groups is 2. The Morgan fingerprint density at radius 3 is 2.88 bits per heavy atom. The SMILES string of the molecule is CCC[C@@]1(CO)CN(C(=O)c2cc3cc(Cl)cc(OC)c3o2)CC[C@@H]1O. The lowest BCUT2D eigenvalue weighted by atomic mass is 9.74. The Morgan fingerprint density at radius 2 is 2.23 bits per heavy atom. The van der Waals surface area contributed by atoms with Crippen molar-refractivity contribution in [1.82, 2.24) is 4.90 Å². The zero-order valence-electron chi connectivity index (χ0n) is 15.0. The summed E-state index contributed by atoms with van der Waals surface area (Å²) >= 11 is 6.07. The van der Waals surface area contributed by atoms with Crippen LogP contribution in [0.5, 0.6) is 5.75 Å². The molecule has 2 atom stereocenters. The number of aliphatic hydroxyl groups excluding tert-OH is 2. The summed E-state index contributed by atoms with van der Waals surface area (Å²) in [5.74, 6) is 0.400. The van der Waals surface area contributed by atoms with Crippen molar-refractivity contribution in [3.63, 3.8) is 0 Å². The van der Waals surface area contributed by atoms with E-state index in [1.807, 2.05) is 6.92 Å². The van der Waals surface area contributed by atoms with Gasteiger partial charge in [-0.3, -0.25) is 4.79 Å². The number of amides is 1. The predicted molar refractivity (Wildman–Crippen MR) is 98.7 cm³/mol. The number of nitrogens with zero attached hydrogens (tertiary/aromatic N) is 1. The first-order valence-electron chi connectivity index (χ1n) is 8.79. The molecular formula is C19H24ClNO5. The van der Waals surface area contributed by atoms with Crippen molar-refractivity contribution in [2.75, 3.05) is 26.8 Å². The van der Waals surface area contributed by atoms with Crippen LogP contribution >= 0.6 is 11.6 Å². The van der Waals surface area contributed by atoms with Crippen molar-refractivity contribution in [2.24, 2.45) is 5.41 Å². The van der Waals surface area contributed by atoms with Crippen molar-refractivity contribution in [3.05, 3.63) is 29.0 Å². The lowest BCUT2D eigenvalue weighted by Gasteiger charge is -2.45. The van der Waals surface area contributed by atoms with Crippen LogP contribution in [0.15, 0.2) is 22.6 Å². The summed E-state index contributed by atoms with van der Waals surface area (Å²) in [7, 11) is 1.52. The number of carbonyl (C=O) groups excluding carboxylic acids is 1. The van der Waals surface area contributed by atoms with E-state index in [0.29, 0.717) is 47.7 Å². The molecule has 1 amide bonds. The average Bonchev–Trinajstić information content (AvgIpc) is 3.06. The normalized spacial score (nSPS) is 23.4. The van der Waals surface area contributed by atoms with Gasteiger partial charge in [-0.15, -0.1) is 0 Å². The van der Waals surface area contributed by atoms with Gasteiger partial charge in [-0.1, -0.05) is 24.9 Å². The Labute approximate surface area is 157 Å². The Bertz CT molecular complexity index is 805. The molecule has 1 aromatic heterocycles. The number of rotatable bonds is 5. The molecule has 142 valence electrons. The van der Waals surface area contributed by atoms with Crippen LogP contribution in [-0.4, -0.2) is 53.9 Å². The topological polar surface area (TPSA) is 83.1 Å². The summed E-state index contributed by atoms with van der Waals surface area (Å²) < 4.78 is 11.0. The van der Waals surface area contributed by atoms with E-state index in [9.17, 15) is 15.0 Å². The van der Waals surface area contributed by atoms with E-state index in [2.05, 4.69) is 0 Å². The van der Waals surface area contributed by atoms with Crippen molar-refractivity contribution in [1.29, 1.82) is 0 Å². The standard InChI is InChI=1S/C19H24ClNO5/c1-3-5-19(11-22)10-21(6-4-16(19)23)18(24)15-8-12-7-13(20)9-14(25-2)17(12)26-15/h7-9,16,22-23H,3-6,10-11H2,1-2H3/t16-,19-/m0/s1. The minimum absolute atomic E-state index is 0.157. The highest BCUT2D eigenvalue weighted by atomic mass is 35.5. The molecule has 0 radical (unpaired) electrons. The number of halogens is 1. The zero-order valence-corrected chi connectivity index (χ0v) is 15.8. The van der Waals surface area contributed by atoms with Gasteiger partial charge in [0.15, 0.2) is 17.1 Å². The first-order chi connectivity index (χ1) is 12.4. The molecule has 2 aromatic rings. The lowest BCUT2D eigenvalue weighted by molar-refractivity contribution is -0.0724. The van der Waals surface area contributed by atoms with E-state index in [4.69, 9.17) is 20.8 Å². The number of likely N-dealkylation sites (tertiary alicyclic amines) is 1. The second kappa shape index (κ2) is 7.47. The van der Waals surface area contributed by atoms with Gasteiger partial charge in [-0.2, -0.15) is 0 Å². The third kappa shape index (κ3) is 3.29. The van der Waals surface area contributed by atoms with Crippen molar-refractivity contribution in [2.45, 2.75) is 32.3 Å². The number of hydrogen-bond donors (Lipinski definition) is 2. The summed E-state index contributed by atoms with van der Waals surface area (Å²) in [4.78, 5) is 14.6. The fraction of sp³-hybridized carbons (Fsp3) is 0.526. The minimum Gasteiger partial charge on any atom is -0.493 e. The number of methoxy groups -OCH3 is 1. The first-order valence-corrected chi connectivity index (χ1v) is 9.17. The summed E-state index contributed by atoms with van der Waals surface area (Å²) in [5.41, 5.74) is -0.213. The van der Waals surface area contributed by atoms with Gasteiger partial charge in [0.05, 0.1) is 19.8 Å². The van der Waals surface area contributed by atoms with E-state index < -0.39 is 11.5 Å². The van der Waals surface area contributed by atoms with Gasteiger partial charge >= 0.3 is 0 Å². The third-order valence-electron chi connectivity index (χ3n) is 5.21. The molecular weight excluding hydrogens is 358 g/mol. The largest absolute Gasteiger partial charge is 0.493 e. The highest BCUT2D eigenvalue weighted by Gasteiger charge is 2.43. The van der Waals surface area contributed by atoms with E-state index in [-0.39, 0.29) is 18.3 Å². The minimum atomic E-state index is -0.685. The second-order valence-corrected chi connectivity index (χ2v) is 7.38. The Hall–Kier alpha value is -1.76. The molecule has 6 nitrogen and oxygen atoms in total. The Morgan fingerprint density at radius 1 is 1.46 bits per heavy atom. The van der Waals surface area contributed by atoms with Crippen LogP contribution < -0.4 is 4.74 Å². The van der Waals surface area contributed by atoms with Crippen LogP contribution in [0.2, 0.25) is 5.02 Å². The molecule has 0 spiro atoms. The van der Waals surface area contributed by atoms with Gasteiger partial charge in [0, 0.05) is 35.0 Å². The summed E-state index contributed by atoms with van der Waals surface area (Å²) in [6.45, 7) is 2.56. The molecule has 2 N–H and O–H groups in total. The van der Waals surface area contributed by atoms with Crippen molar-refractivity contribution in [3.8, 4) is 5.75 Å². The van der Waals surface area contributed by atoms with Crippen LogP contribution in [0.25, 0.3) is 11.0 Å². The number of ether oxygens (including phenoxy) is 1. The third-order valence-corrected chi connectivity index (χ3v) is 5.43. The zero-order chi connectivity index (χ0) is 18.9. The summed E-state index contributed by atoms with van der Waals surface area (Å²) in [5, 5.41) is 21.4. The second-order valence-electron chi connectivity index (χ2n) is 6.94. The van der Waals surface area contributed by atoms with Gasteiger partial charge in [0.2, 0.25) is 0 Å². The maximum Gasteiger partial charge on any atom is 0.289 e. The molecule has 1 fully saturated rings. The van der Waals surface area contributed by atoms with E-state index in [0.717, 1.165) is 6.42 Å². The monoisotopic (exact) mass is 381 g/mol. The molecule has 1 aromatic carbocycles. The number of piperidine rings is 1. The molecule has 3 rings (SSSR count). The Kier molecular flexibility index (Phi) is 5.46. The van der Waals surface area contributed by atoms with Gasteiger partial charge < -0.3 is 24.3 Å². The molecule has 1 aliphatic rings. The molecule has 0 bridgehead atoms.